The summed E-state index contributed by atoms with van der Waals surface area (Å²) >= 11 is 0. The van der Waals surface area contributed by atoms with Crippen molar-refractivity contribution in [2.24, 2.45) is 23.5 Å². The number of aromatic carboxylic acids is 1. The van der Waals surface area contributed by atoms with E-state index in [4.69, 9.17) is 5.73 Å². The number of fused-ring (bicyclic) bond motifs is 2. The molecule has 0 radical (unpaired) electrons. The predicted molar refractivity (Wildman–Crippen MR) is 120 cm³/mol. The number of nitrogens with zero attached hydrogens (tertiary/aromatic N) is 3. The Kier molecular flexibility index (Phi) is 5.20. The largest absolute Gasteiger partial charge is 0.477 e. The van der Waals surface area contributed by atoms with Gasteiger partial charge in [-0.1, -0.05) is 19.1 Å². The van der Waals surface area contributed by atoms with Crippen molar-refractivity contribution in [3.63, 3.8) is 0 Å². The van der Waals surface area contributed by atoms with E-state index in [1.54, 1.807) is 4.90 Å². The average Bonchev–Trinajstić information content (AvgIpc) is 3.24. The second-order valence-corrected chi connectivity index (χ2v) is 8.85. The van der Waals surface area contributed by atoms with E-state index in [-0.39, 0.29) is 46.2 Å². The van der Waals surface area contributed by atoms with Crippen LogP contribution in [-0.2, 0) is 0 Å². The zero-order chi connectivity index (χ0) is 24.3. The number of nitrogens with two attached hydrogens (primary N) is 1. The van der Waals surface area contributed by atoms with Crippen LogP contribution in [0.3, 0.4) is 0 Å². The summed E-state index contributed by atoms with van der Waals surface area (Å²) in [6.07, 6.45) is 5.94. The first-order chi connectivity index (χ1) is 16.2. The van der Waals surface area contributed by atoms with Crippen molar-refractivity contribution in [1.29, 1.82) is 0 Å². The summed E-state index contributed by atoms with van der Waals surface area (Å²) in [5, 5.41) is 9.14. The Morgan fingerprint density at radius 3 is 2.59 bits per heavy atom. The molecule has 34 heavy (non-hydrogen) atoms. The molecule has 1 aromatic carbocycles. The first kappa shape index (κ1) is 22.1. The van der Waals surface area contributed by atoms with Gasteiger partial charge in [0.15, 0.2) is 11.6 Å². The molecule has 0 unspecified atom stereocenters. The lowest BCUT2D eigenvalue weighted by Crippen LogP contribution is -2.38. The second-order valence-electron chi connectivity index (χ2n) is 8.85. The lowest BCUT2D eigenvalue weighted by molar-refractivity contribution is 0.0695. The predicted octanol–water partition coefficient (Wildman–Crippen LogP) is 3.09. The molecule has 5 rings (SSSR count). The highest BCUT2D eigenvalue weighted by Gasteiger charge is 2.41. The molecule has 2 aliphatic rings. The van der Waals surface area contributed by atoms with Crippen LogP contribution in [0, 0.1) is 35.2 Å². The Morgan fingerprint density at radius 1 is 1.18 bits per heavy atom. The molecule has 0 spiro atoms. The second kappa shape index (κ2) is 7.98. The monoisotopic (exact) mass is 470 g/mol. The highest BCUT2D eigenvalue weighted by atomic mass is 19.1. The number of carboxylic acid groups (broad SMARTS) is 1. The number of halogens is 3. The van der Waals surface area contributed by atoms with Crippen LogP contribution in [0.4, 0.5) is 19.0 Å². The number of benzene rings is 1. The standard InChI is InChI=1S/C24H21F3N4O3/c1-11-2-4-18(28)15-9-30(8-14(11)15)23-20(27)21-13(7-29-23)22(32)16(24(33)34)10-31(21)19-5-3-12(25)6-17(19)26/h2-7,10-11,14-15,18H,8-9,28H2,1H3,(H,33,34)/t11-,14-,15-,18+/m0/s1. The van der Waals surface area contributed by atoms with E-state index in [1.807, 2.05) is 12.2 Å². The van der Waals surface area contributed by atoms with Crippen molar-refractivity contribution in [2.45, 2.75) is 13.0 Å². The average molecular weight is 470 g/mol. The van der Waals surface area contributed by atoms with Crippen molar-refractivity contribution in [2.75, 3.05) is 18.0 Å². The van der Waals surface area contributed by atoms with Gasteiger partial charge >= 0.3 is 5.97 Å². The SMILES string of the molecule is C[C@H]1C=C[C@@H](N)[C@H]2CN(c3ncc4c(=O)c(C(=O)O)cn(-c5ccc(F)cc5F)c4c3F)C[C@H]21. The minimum Gasteiger partial charge on any atom is -0.477 e. The summed E-state index contributed by atoms with van der Waals surface area (Å²) in [5.74, 6) is -3.90. The minimum atomic E-state index is -1.56. The van der Waals surface area contributed by atoms with Crippen LogP contribution >= 0.6 is 0 Å². The summed E-state index contributed by atoms with van der Waals surface area (Å²) in [5.41, 5.74) is 3.96. The van der Waals surface area contributed by atoms with Crippen LogP contribution in [0.1, 0.15) is 17.3 Å². The normalized spacial score (nSPS) is 24.0. The summed E-state index contributed by atoms with van der Waals surface area (Å²) in [4.78, 5) is 30.3. The molecule has 1 aliphatic carbocycles. The van der Waals surface area contributed by atoms with E-state index in [9.17, 15) is 23.5 Å². The Balaban J connectivity index is 1.72. The van der Waals surface area contributed by atoms with E-state index in [0.717, 1.165) is 29.1 Å². The van der Waals surface area contributed by atoms with Crippen LogP contribution in [0.15, 0.2) is 47.5 Å². The molecular formula is C24H21F3N4O3. The molecule has 3 N–H and O–H groups in total. The van der Waals surface area contributed by atoms with Gasteiger partial charge in [-0.15, -0.1) is 0 Å². The third kappa shape index (κ3) is 3.37. The lowest BCUT2D eigenvalue weighted by Gasteiger charge is -2.30. The van der Waals surface area contributed by atoms with E-state index in [2.05, 4.69) is 11.9 Å². The lowest BCUT2D eigenvalue weighted by atomic mass is 9.77. The summed E-state index contributed by atoms with van der Waals surface area (Å²) in [6, 6.07) is 2.43. The molecule has 1 aliphatic heterocycles. The molecule has 0 bridgehead atoms. The van der Waals surface area contributed by atoms with Crippen LogP contribution in [0.5, 0.6) is 0 Å². The number of aromatic nitrogens is 2. The first-order valence-electron chi connectivity index (χ1n) is 10.8. The zero-order valence-electron chi connectivity index (χ0n) is 18.1. The summed E-state index contributed by atoms with van der Waals surface area (Å²) in [6.45, 7) is 3.00. The van der Waals surface area contributed by atoms with Crippen molar-refractivity contribution in [3.8, 4) is 5.69 Å². The molecule has 2 aromatic heterocycles. The third-order valence-electron chi connectivity index (χ3n) is 6.88. The van der Waals surface area contributed by atoms with Gasteiger partial charge in [-0.2, -0.15) is 0 Å². The van der Waals surface area contributed by atoms with Crippen LogP contribution in [0.2, 0.25) is 0 Å². The molecule has 0 amide bonds. The molecule has 10 heteroatoms. The molecular weight excluding hydrogens is 449 g/mol. The number of anilines is 1. The molecule has 1 fully saturated rings. The number of hydrogen-bond donors (Lipinski definition) is 2. The topological polar surface area (TPSA) is 101 Å². The van der Waals surface area contributed by atoms with Crippen molar-refractivity contribution >= 4 is 22.7 Å². The fourth-order valence-corrected chi connectivity index (χ4v) is 5.09. The van der Waals surface area contributed by atoms with E-state index < -0.39 is 34.4 Å². The Morgan fingerprint density at radius 2 is 1.91 bits per heavy atom. The van der Waals surface area contributed by atoms with Crippen molar-refractivity contribution in [1.82, 2.24) is 9.55 Å². The van der Waals surface area contributed by atoms with Gasteiger partial charge in [0.05, 0.1) is 16.6 Å². The van der Waals surface area contributed by atoms with Gasteiger partial charge in [-0.25, -0.2) is 22.9 Å². The minimum absolute atomic E-state index is 0.0416. The van der Waals surface area contributed by atoms with Gasteiger partial charge in [0.1, 0.15) is 17.2 Å². The molecule has 1 saturated heterocycles. The molecule has 3 heterocycles. The van der Waals surface area contributed by atoms with Gasteiger partial charge in [0.25, 0.3) is 0 Å². The Labute approximate surface area is 191 Å². The number of rotatable bonds is 3. The van der Waals surface area contributed by atoms with Gasteiger partial charge < -0.3 is 20.3 Å². The number of pyridine rings is 2. The number of carboxylic acids is 1. The quantitative estimate of drug-likeness (QED) is 0.571. The van der Waals surface area contributed by atoms with Crippen LogP contribution < -0.4 is 16.1 Å². The van der Waals surface area contributed by atoms with Gasteiger partial charge in [0, 0.05) is 43.5 Å². The van der Waals surface area contributed by atoms with Crippen molar-refractivity contribution in [3.05, 3.63) is 76.0 Å². The fourth-order valence-electron chi connectivity index (χ4n) is 5.09. The Hall–Kier alpha value is -3.66. The van der Waals surface area contributed by atoms with Gasteiger partial charge in [-0.05, 0) is 24.0 Å². The highest BCUT2D eigenvalue weighted by molar-refractivity contribution is 5.93. The number of carbonyl (C=O) groups is 1. The molecule has 176 valence electrons. The van der Waals surface area contributed by atoms with E-state index in [1.165, 1.54) is 0 Å². The summed E-state index contributed by atoms with van der Waals surface area (Å²) in [7, 11) is 0. The van der Waals surface area contributed by atoms with Gasteiger partial charge in [-0.3, -0.25) is 4.79 Å². The number of allylic oxidation sites excluding steroid dienone is 1. The van der Waals surface area contributed by atoms with E-state index in [0.29, 0.717) is 19.2 Å². The van der Waals surface area contributed by atoms with Crippen LogP contribution in [-0.4, -0.2) is 39.8 Å². The molecule has 0 saturated carbocycles. The third-order valence-corrected chi connectivity index (χ3v) is 6.88. The maximum Gasteiger partial charge on any atom is 0.341 e. The van der Waals surface area contributed by atoms with Crippen LogP contribution in [0.25, 0.3) is 16.6 Å². The first-order valence-corrected chi connectivity index (χ1v) is 10.8. The Bertz CT molecular complexity index is 1400. The maximum absolute atomic E-state index is 16.0. The summed E-state index contributed by atoms with van der Waals surface area (Å²) < 4.78 is 45.1. The van der Waals surface area contributed by atoms with E-state index >= 15 is 4.39 Å². The number of hydrogen-bond acceptors (Lipinski definition) is 5. The molecule has 7 nitrogen and oxygen atoms in total. The maximum atomic E-state index is 16.0. The van der Waals surface area contributed by atoms with Gasteiger partial charge in [0.2, 0.25) is 5.43 Å². The van der Waals surface area contributed by atoms with Crippen molar-refractivity contribution < 1.29 is 23.1 Å². The fraction of sp³-hybridized carbons (Fsp3) is 0.292. The molecule has 3 aromatic rings. The highest BCUT2D eigenvalue weighted by Crippen LogP contribution is 2.39. The smallest absolute Gasteiger partial charge is 0.341 e. The molecule has 4 atom stereocenters. The zero-order valence-corrected chi connectivity index (χ0v) is 18.1.